The second-order valence-electron chi connectivity index (χ2n) is 7.27. The van der Waals surface area contributed by atoms with Gasteiger partial charge in [-0.2, -0.15) is 0 Å². The first kappa shape index (κ1) is 20.8. The summed E-state index contributed by atoms with van der Waals surface area (Å²) in [5.74, 6) is -0.214. The Morgan fingerprint density at radius 3 is 2.59 bits per heavy atom. The molecule has 0 saturated carbocycles. The van der Waals surface area contributed by atoms with Gasteiger partial charge in [0.25, 0.3) is 0 Å². The highest BCUT2D eigenvalue weighted by Gasteiger charge is 2.28. The Hall–Kier alpha value is -2.92. The summed E-state index contributed by atoms with van der Waals surface area (Å²) in [7, 11) is 1.36. The second-order valence-corrected chi connectivity index (χ2v) is 7.27. The van der Waals surface area contributed by atoms with Gasteiger partial charge in [-0.05, 0) is 36.1 Å². The van der Waals surface area contributed by atoms with Crippen molar-refractivity contribution in [2.45, 2.75) is 37.8 Å². The topological polar surface area (TPSA) is 66.8 Å². The van der Waals surface area contributed by atoms with Gasteiger partial charge >= 0.3 is 5.97 Å². The molecule has 1 fully saturated rings. The van der Waals surface area contributed by atoms with Crippen LogP contribution in [0.2, 0.25) is 0 Å². The highest BCUT2D eigenvalue weighted by atomic mass is 16.5. The molecule has 1 amide bonds. The Balaban J connectivity index is 1.55. The lowest BCUT2D eigenvalue weighted by atomic mass is 10.1. The van der Waals surface area contributed by atoms with Crippen LogP contribution in [0.1, 0.15) is 34.3 Å². The Labute approximate surface area is 171 Å². The molecule has 29 heavy (non-hydrogen) atoms. The summed E-state index contributed by atoms with van der Waals surface area (Å²) in [5.41, 5.74) is 2.66. The molecule has 0 radical (unpaired) electrons. The smallest absolute Gasteiger partial charge is 0.337 e. The number of aliphatic hydroxyl groups excluding tert-OH is 1. The zero-order valence-corrected chi connectivity index (χ0v) is 16.7. The normalized spacial score (nSPS) is 17.7. The van der Waals surface area contributed by atoms with Crippen LogP contribution < -0.4 is 0 Å². The van der Waals surface area contributed by atoms with Crippen molar-refractivity contribution in [2.24, 2.45) is 0 Å². The van der Waals surface area contributed by atoms with Gasteiger partial charge in [-0.25, -0.2) is 4.79 Å². The van der Waals surface area contributed by atoms with Crippen molar-refractivity contribution in [3.8, 4) is 0 Å². The second kappa shape index (κ2) is 10.0. The molecular formula is C24H27NO4. The van der Waals surface area contributed by atoms with E-state index in [0.717, 1.165) is 17.5 Å². The summed E-state index contributed by atoms with van der Waals surface area (Å²) in [6, 6.07) is 17.1. The fraction of sp³-hybridized carbons (Fsp3) is 0.333. The molecule has 0 aliphatic carbocycles. The number of aliphatic hydroxyl groups is 1. The summed E-state index contributed by atoms with van der Waals surface area (Å²) in [4.78, 5) is 25.7. The van der Waals surface area contributed by atoms with Gasteiger partial charge in [0, 0.05) is 19.4 Å². The molecule has 0 aromatic heterocycles. The van der Waals surface area contributed by atoms with Gasteiger partial charge in [-0.3, -0.25) is 4.79 Å². The number of likely N-dealkylation sites (tertiary alicyclic amines) is 1. The maximum atomic E-state index is 12.3. The van der Waals surface area contributed by atoms with E-state index in [2.05, 4.69) is 0 Å². The van der Waals surface area contributed by atoms with Crippen LogP contribution in [0.25, 0.3) is 0 Å². The summed E-state index contributed by atoms with van der Waals surface area (Å²) >= 11 is 0. The molecule has 5 heteroatoms. The Bertz CT molecular complexity index is 845. The summed E-state index contributed by atoms with van der Waals surface area (Å²) < 4.78 is 4.71. The third-order valence-electron chi connectivity index (χ3n) is 5.23. The highest BCUT2D eigenvalue weighted by molar-refractivity contribution is 5.89. The number of carbonyl (C=O) groups is 2. The average molecular weight is 393 g/mol. The number of carbonyl (C=O) groups excluding carboxylic acids is 2. The van der Waals surface area contributed by atoms with Crippen molar-refractivity contribution >= 4 is 11.9 Å². The molecule has 3 rings (SSSR count). The van der Waals surface area contributed by atoms with Gasteiger partial charge in [0.05, 0.1) is 24.8 Å². The zero-order chi connectivity index (χ0) is 20.6. The number of methoxy groups -OCH3 is 1. The predicted octanol–water partition coefficient (Wildman–Crippen LogP) is 3.17. The monoisotopic (exact) mass is 393 g/mol. The van der Waals surface area contributed by atoms with Crippen molar-refractivity contribution in [2.75, 3.05) is 13.7 Å². The zero-order valence-electron chi connectivity index (χ0n) is 16.7. The van der Waals surface area contributed by atoms with E-state index in [1.807, 2.05) is 53.4 Å². The van der Waals surface area contributed by atoms with E-state index in [1.165, 1.54) is 7.11 Å². The maximum Gasteiger partial charge on any atom is 0.337 e. The van der Waals surface area contributed by atoms with E-state index in [-0.39, 0.29) is 17.9 Å². The van der Waals surface area contributed by atoms with E-state index in [4.69, 9.17) is 4.74 Å². The molecule has 2 atom stereocenters. The van der Waals surface area contributed by atoms with Crippen molar-refractivity contribution < 1.29 is 19.4 Å². The maximum absolute atomic E-state index is 12.3. The van der Waals surface area contributed by atoms with Crippen LogP contribution in [0.5, 0.6) is 0 Å². The number of nitrogens with zero attached hydrogens (tertiary/aromatic N) is 1. The molecule has 0 spiro atoms. The van der Waals surface area contributed by atoms with Gasteiger partial charge in [0.1, 0.15) is 0 Å². The Morgan fingerprint density at radius 2 is 1.90 bits per heavy atom. The van der Waals surface area contributed by atoms with Crippen LogP contribution in [-0.4, -0.2) is 47.7 Å². The van der Waals surface area contributed by atoms with E-state index in [1.54, 1.807) is 18.2 Å². The van der Waals surface area contributed by atoms with E-state index in [0.29, 0.717) is 31.4 Å². The van der Waals surface area contributed by atoms with Crippen LogP contribution in [0.4, 0.5) is 0 Å². The standard InChI is InChI=1S/C24H27NO4/c1-29-24(28)20-9-7-18(8-10-20)15-16-25-21(12-14-23(25)27)11-13-22(26)17-19-5-3-2-4-6-19/h2-11,13,21-22,26H,12,14-17H2,1H3/t21-,22+/m0/s1. The highest BCUT2D eigenvalue weighted by Crippen LogP contribution is 2.21. The molecule has 1 heterocycles. The first-order valence-corrected chi connectivity index (χ1v) is 9.94. The Kier molecular flexibility index (Phi) is 7.19. The lowest BCUT2D eigenvalue weighted by Gasteiger charge is -2.23. The molecule has 2 aromatic carbocycles. The largest absolute Gasteiger partial charge is 0.465 e. The number of benzene rings is 2. The predicted molar refractivity (Wildman–Crippen MR) is 112 cm³/mol. The molecule has 152 valence electrons. The molecule has 0 bridgehead atoms. The van der Waals surface area contributed by atoms with Crippen LogP contribution in [-0.2, 0) is 22.4 Å². The minimum Gasteiger partial charge on any atom is -0.465 e. The molecule has 1 aliphatic heterocycles. The third-order valence-corrected chi connectivity index (χ3v) is 5.23. The van der Waals surface area contributed by atoms with Gasteiger partial charge in [-0.1, -0.05) is 54.6 Å². The Morgan fingerprint density at radius 1 is 1.17 bits per heavy atom. The lowest BCUT2D eigenvalue weighted by Crippen LogP contribution is -2.33. The minimum absolute atomic E-state index is 0.0160. The van der Waals surface area contributed by atoms with Gasteiger partial charge in [0.2, 0.25) is 5.91 Å². The van der Waals surface area contributed by atoms with Crippen LogP contribution >= 0.6 is 0 Å². The SMILES string of the molecule is COC(=O)c1ccc(CCN2C(=O)CC[C@@H]2C=C[C@@H](O)Cc2ccccc2)cc1. The van der Waals surface area contributed by atoms with Crippen molar-refractivity contribution in [3.05, 3.63) is 83.4 Å². The molecule has 1 N–H and O–H groups in total. The van der Waals surface area contributed by atoms with Crippen LogP contribution in [0.15, 0.2) is 66.7 Å². The van der Waals surface area contributed by atoms with Gasteiger partial charge in [-0.15, -0.1) is 0 Å². The van der Waals surface area contributed by atoms with Crippen molar-refractivity contribution in [3.63, 3.8) is 0 Å². The number of ether oxygens (including phenoxy) is 1. The van der Waals surface area contributed by atoms with Crippen LogP contribution in [0.3, 0.4) is 0 Å². The number of hydrogen-bond donors (Lipinski definition) is 1. The number of amides is 1. The fourth-order valence-corrected chi connectivity index (χ4v) is 3.60. The summed E-state index contributed by atoms with van der Waals surface area (Å²) in [5, 5.41) is 10.3. The molecule has 5 nitrogen and oxygen atoms in total. The first-order chi connectivity index (χ1) is 14.1. The molecule has 1 aliphatic rings. The minimum atomic E-state index is -0.569. The molecule has 0 unspecified atom stereocenters. The first-order valence-electron chi connectivity index (χ1n) is 9.94. The van der Waals surface area contributed by atoms with E-state index < -0.39 is 6.10 Å². The number of esters is 1. The quantitative estimate of drug-likeness (QED) is 0.553. The van der Waals surface area contributed by atoms with E-state index in [9.17, 15) is 14.7 Å². The van der Waals surface area contributed by atoms with Gasteiger partial charge < -0.3 is 14.7 Å². The molecular weight excluding hydrogens is 366 g/mol. The van der Waals surface area contributed by atoms with Crippen molar-refractivity contribution in [1.29, 1.82) is 0 Å². The van der Waals surface area contributed by atoms with Crippen molar-refractivity contribution in [1.82, 2.24) is 4.90 Å². The third kappa shape index (κ3) is 5.78. The lowest BCUT2D eigenvalue weighted by molar-refractivity contribution is -0.128. The molecule has 2 aromatic rings. The molecule has 1 saturated heterocycles. The van der Waals surface area contributed by atoms with E-state index >= 15 is 0 Å². The summed E-state index contributed by atoms with van der Waals surface area (Å²) in [6.45, 7) is 0.611. The number of hydrogen-bond acceptors (Lipinski definition) is 4. The number of rotatable bonds is 8. The summed E-state index contributed by atoms with van der Waals surface area (Å²) in [6.07, 6.45) is 5.77. The average Bonchev–Trinajstić information content (AvgIpc) is 3.10. The van der Waals surface area contributed by atoms with Crippen LogP contribution in [0, 0.1) is 0 Å². The fourth-order valence-electron chi connectivity index (χ4n) is 3.60. The van der Waals surface area contributed by atoms with Gasteiger partial charge in [0.15, 0.2) is 0 Å².